The van der Waals surface area contributed by atoms with Gasteiger partial charge in [0, 0.05) is 22.4 Å². The van der Waals surface area contributed by atoms with E-state index in [-0.39, 0.29) is 24.4 Å². The third-order valence-electron chi connectivity index (χ3n) is 4.50. The number of fused-ring (bicyclic) bond motifs is 1. The number of halogens is 1. The summed E-state index contributed by atoms with van der Waals surface area (Å²) in [4.78, 5) is 47.1. The Morgan fingerprint density at radius 1 is 0.897 bits per heavy atom. The van der Waals surface area contributed by atoms with Crippen molar-refractivity contribution in [2.75, 3.05) is 0 Å². The lowest BCUT2D eigenvalue weighted by molar-refractivity contribution is 0.0971. The van der Waals surface area contributed by atoms with Crippen LogP contribution in [0.3, 0.4) is 0 Å². The highest BCUT2D eigenvalue weighted by molar-refractivity contribution is 9.10. The number of rotatable bonds is 5. The van der Waals surface area contributed by atoms with Gasteiger partial charge in [-0.25, -0.2) is 9.78 Å². The largest absolute Gasteiger partial charge is 0.332 e. The average molecular weight is 451 g/mol. The van der Waals surface area contributed by atoms with Crippen LogP contribution in [0, 0.1) is 0 Å². The number of ketones is 1. The zero-order chi connectivity index (χ0) is 20.4. The van der Waals surface area contributed by atoms with E-state index in [1.165, 1.54) is 10.8 Å². The van der Waals surface area contributed by atoms with Gasteiger partial charge in [-0.15, -0.1) is 0 Å². The number of nitrogens with zero attached hydrogens (tertiary/aromatic N) is 4. The van der Waals surface area contributed by atoms with Gasteiger partial charge in [0.1, 0.15) is 0 Å². The van der Waals surface area contributed by atoms with Crippen molar-refractivity contribution >= 4 is 32.7 Å². The van der Waals surface area contributed by atoms with Gasteiger partial charge in [0.25, 0.3) is 5.56 Å². The van der Waals surface area contributed by atoms with E-state index in [2.05, 4.69) is 25.9 Å². The second-order valence-electron chi connectivity index (χ2n) is 6.38. The average Bonchev–Trinajstić information content (AvgIpc) is 2.75. The molecule has 0 amide bonds. The lowest BCUT2D eigenvalue weighted by Crippen LogP contribution is -2.41. The molecule has 0 spiro atoms. The molecule has 144 valence electrons. The molecule has 3 aromatic heterocycles. The summed E-state index contributed by atoms with van der Waals surface area (Å²) in [5.74, 6) is -0.243. The summed E-state index contributed by atoms with van der Waals surface area (Å²) in [6.07, 6.45) is 3.08. The van der Waals surface area contributed by atoms with Crippen molar-refractivity contribution in [2.24, 2.45) is 0 Å². The molecule has 8 heteroatoms. The maximum atomic E-state index is 13.1. The van der Waals surface area contributed by atoms with Crippen LogP contribution in [0.15, 0.2) is 81.1 Å². The fourth-order valence-corrected chi connectivity index (χ4v) is 3.32. The van der Waals surface area contributed by atoms with Crippen molar-refractivity contribution in [3.05, 3.63) is 104 Å². The van der Waals surface area contributed by atoms with Crippen LogP contribution in [-0.2, 0) is 13.1 Å². The van der Waals surface area contributed by atoms with Crippen LogP contribution < -0.4 is 11.2 Å². The molecule has 0 saturated carbocycles. The van der Waals surface area contributed by atoms with Gasteiger partial charge < -0.3 is 0 Å². The molecule has 0 fully saturated rings. The van der Waals surface area contributed by atoms with E-state index < -0.39 is 11.2 Å². The number of hydrogen-bond acceptors (Lipinski definition) is 5. The summed E-state index contributed by atoms with van der Waals surface area (Å²) >= 11 is 3.34. The maximum absolute atomic E-state index is 13.1. The summed E-state index contributed by atoms with van der Waals surface area (Å²) in [6.45, 7) is -0.206. The first-order valence-corrected chi connectivity index (χ1v) is 9.61. The van der Waals surface area contributed by atoms with Gasteiger partial charge in [0.2, 0.25) is 0 Å². The second-order valence-corrected chi connectivity index (χ2v) is 7.30. The van der Waals surface area contributed by atoms with Gasteiger partial charge in [0.15, 0.2) is 11.3 Å². The first-order chi connectivity index (χ1) is 14.0. The predicted octanol–water partition coefficient (Wildman–Crippen LogP) is 2.65. The highest BCUT2D eigenvalue weighted by Crippen LogP contribution is 2.12. The van der Waals surface area contributed by atoms with Crippen LogP contribution in [0.25, 0.3) is 11.0 Å². The van der Waals surface area contributed by atoms with Crippen molar-refractivity contribution in [3.8, 4) is 0 Å². The molecule has 0 aliphatic carbocycles. The van der Waals surface area contributed by atoms with Gasteiger partial charge in [-0.1, -0.05) is 34.1 Å². The van der Waals surface area contributed by atoms with Crippen LogP contribution >= 0.6 is 15.9 Å². The number of carbonyl (C=O) groups is 1. The maximum Gasteiger partial charge on any atom is 0.332 e. The minimum Gasteiger partial charge on any atom is -0.292 e. The molecule has 0 unspecified atom stereocenters. The molecule has 29 heavy (non-hydrogen) atoms. The minimum atomic E-state index is -0.577. The van der Waals surface area contributed by atoms with Crippen molar-refractivity contribution in [1.82, 2.24) is 19.1 Å². The van der Waals surface area contributed by atoms with Crippen molar-refractivity contribution in [3.63, 3.8) is 0 Å². The monoisotopic (exact) mass is 450 g/mol. The summed E-state index contributed by atoms with van der Waals surface area (Å²) in [6, 6.07) is 15.4. The van der Waals surface area contributed by atoms with Crippen molar-refractivity contribution < 1.29 is 4.79 Å². The Labute approximate surface area is 173 Å². The Balaban J connectivity index is 1.84. The number of hydrogen-bond donors (Lipinski definition) is 0. The molecule has 0 saturated heterocycles. The Bertz CT molecular complexity index is 1310. The summed E-state index contributed by atoms with van der Waals surface area (Å²) in [5.41, 5.74) is 0.402. The van der Waals surface area contributed by atoms with Crippen molar-refractivity contribution in [1.29, 1.82) is 0 Å². The van der Waals surface area contributed by atoms with Gasteiger partial charge in [0.05, 0.1) is 24.3 Å². The van der Waals surface area contributed by atoms with Crippen LogP contribution in [0.5, 0.6) is 0 Å². The number of Topliss-reactive ketones (excluding diaryl/α,β-unsaturated/α-hetero) is 1. The number of benzene rings is 1. The molecule has 0 aliphatic heterocycles. The number of pyridine rings is 2. The Kier molecular flexibility index (Phi) is 5.18. The summed E-state index contributed by atoms with van der Waals surface area (Å²) in [7, 11) is 0. The highest BCUT2D eigenvalue weighted by atomic mass is 79.9. The summed E-state index contributed by atoms with van der Waals surface area (Å²) < 4.78 is 3.20. The molecule has 3 heterocycles. The molecule has 0 bridgehead atoms. The molecule has 0 aliphatic rings. The lowest BCUT2D eigenvalue weighted by Gasteiger charge is -2.13. The third kappa shape index (κ3) is 3.79. The van der Waals surface area contributed by atoms with Crippen LogP contribution in [0.2, 0.25) is 0 Å². The third-order valence-corrected chi connectivity index (χ3v) is 5.03. The van der Waals surface area contributed by atoms with Gasteiger partial charge in [-0.2, -0.15) is 0 Å². The Morgan fingerprint density at radius 3 is 2.38 bits per heavy atom. The summed E-state index contributed by atoms with van der Waals surface area (Å²) in [5, 5.41) is 0. The molecule has 0 N–H and O–H groups in total. The minimum absolute atomic E-state index is 0.00248. The topological polar surface area (TPSA) is 86.9 Å². The highest BCUT2D eigenvalue weighted by Gasteiger charge is 2.17. The fourth-order valence-electron chi connectivity index (χ4n) is 3.06. The molecular weight excluding hydrogens is 436 g/mol. The molecule has 1 aromatic carbocycles. The van der Waals surface area contributed by atoms with E-state index in [9.17, 15) is 14.4 Å². The van der Waals surface area contributed by atoms with Crippen LogP contribution in [-0.4, -0.2) is 24.9 Å². The van der Waals surface area contributed by atoms with E-state index >= 15 is 0 Å². The molecule has 4 rings (SSSR count). The van der Waals surface area contributed by atoms with E-state index in [0.717, 1.165) is 9.04 Å². The lowest BCUT2D eigenvalue weighted by atomic mass is 10.1. The molecular formula is C21H15BrN4O3. The zero-order valence-electron chi connectivity index (χ0n) is 15.2. The van der Waals surface area contributed by atoms with Gasteiger partial charge >= 0.3 is 5.69 Å². The molecule has 7 nitrogen and oxygen atoms in total. The predicted molar refractivity (Wildman–Crippen MR) is 112 cm³/mol. The SMILES string of the molecule is O=C(Cn1c(=O)n(Cc2ccccn2)c(=O)c2ncccc21)c1ccc(Br)cc1. The van der Waals surface area contributed by atoms with E-state index in [0.29, 0.717) is 16.8 Å². The second kappa shape index (κ2) is 7.92. The normalized spacial score (nSPS) is 10.9. The Morgan fingerprint density at radius 2 is 1.66 bits per heavy atom. The molecule has 4 aromatic rings. The fraction of sp³-hybridized carbons (Fsp3) is 0.0952. The first-order valence-electron chi connectivity index (χ1n) is 8.81. The zero-order valence-corrected chi connectivity index (χ0v) is 16.7. The standard InChI is InChI=1S/C21H15BrN4O3/c22-15-8-6-14(7-9-15)18(27)13-25-17-5-3-11-24-19(17)20(28)26(21(25)29)12-16-4-1-2-10-23-16/h1-11H,12-13H2. The van der Waals surface area contributed by atoms with Crippen molar-refractivity contribution in [2.45, 2.75) is 13.1 Å². The van der Waals surface area contributed by atoms with Gasteiger partial charge in [-0.05, 0) is 36.4 Å². The van der Waals surface area contributed by atoms with Crippen LogP contribution in [0.4, 0.5) is 0 Å². The van der Waals surface area contributed by atoms with E-state index in [4.69, 9.17) is 0 Å². The number of aromatic nitrogens is 4. The van der Waals surface area contributed by atoms with E-state index in [1.807, 2.05) is 0 Å². The van der Waals surface area contributed by atoms with Crippen LogP contribution in [0.1, 0.15) is 16.1 Å². The van der Waals surface area contributed by atoms with Gasteiger partial charge in [-0.3, -0.25) is 23.7 Å². The Hall–Kier alpha value is -3.39. The first kappa shape index (κ1) is 18.9. The van der Waals surface area contributed by atoms with E-state index in [1.54, 1.807) is 60.8 Å². The molecule has 0 atom stereocenters. The smallest absolute Gasteiger partial charge is 0.292 e. The quantitative estimate of drug-likeness (QED) is 0.436. The molecule has 0 radical (unpaired) electrons. The number of carbonyl (C=O) groups excluding carboxylic acids is 1.